The summed E-state index contributed by atoms with van der Waals surface area (Å²) in [6.07, 6.45) is 0. The Balaban J connectivity index is 0.988. The van der Waals surface area contributed by atoms with Crippen molar-refractivity contribution in [1.29, 1.82) is 0 Å². The van der Waals surface area contributed by atoms with Crippen LogP contribution in [0.2, 0.25) is 0 Å². The second kappa shape index (κ2) is 14.9. The third kappa shape index (κ3) is 6.16. The second-order valence-electron chi connectivity index (χ2n) is 15.4. The van der Waals surface area contributed by atoms with E-state index in [2.05, 4.69) is 180 Å². The summed E-state index contributed by atoms with van der Waals surface area (Å²) in [5.74, 6) is 1.86. The zero-order chi connectivity index (χ0) is 41.0. The van der Waals surface area contributed by atoms with Gasteiger partial charge in [0.25, 0.3) is 0 Å². The molecule has 8 aromatic carbocycles. The van der Waals surface area contributed by atoms with Gasteiger partial charge in [-0.05, 0) is 40.3 Å². The number of hydrogen-bond acceptors (Lipinski definition) is 5. The molecule has 0 aliphatic carbocycles. The highest BCUT2D eigenvalue weighted by Gasteiger charge is 2.22. The summed E-state index contributed by atoms with van der Waals surface area (Å²) < 4.78 is 4.71. The van der Waals surface area contributed by atoms with E-state index >= 15 is 0 Å². The van der Waals surface area contributed by atoms with E-state index in [0.29, 0.717) is 17.5 Å². The topological polar surface area (TPSA) is 56.0 Å². The van der Waals surface area contributed by atoms with E-state index in [1.165, 1.54) is 25.7 Å². The summed E-state index contributed by atoms with van der Waals surface area (Å²) in [4.78, 5) is 15.3. The second-order valence-corrected chi connectivity index (χ2v) is 16.5. The van der Waals surface area contributed by atoms with E-state index in [1.807, 2.05) is 47.7 Å². The standard InChI is InChI=1S/C56H35N5S/c1-4-15-37(16-5-1)47-35-43-21-10-11-22-45(43)53-50(52(60-61(47)53)39-17-6-2-7-18-39)38-29-33-42(34-30-38)56-58-54(40-19-8-3-9-20-40)57-55(59-56)41-31-27-36(28-32-41)44-24-14-26-49-51(44)46-23-12-13-25-48(46)62-49/h1-35H. The molecule has 0 amide bonds. The van der Waals surface area contributed by atoms with Gasteiger partial charge in [-0.25, -0.2) is 19.5 Å². The lowest BCUT2D eigenvalue weighted by Crippen LogP contribution is -2.00. The van der Waals surface area contributed by atoms with Gasteiger partial charge in [0.15, 0.2) is 17.5 Å². The molecule has 0 unspecified atom stereocenters. The fourth-order valence-corrected chi connectivity index (χ4v) is 9.86. The summed E-state index contributed by atoms with van der Waals surface area (Å²) in [6.45, 7) is 0. The van der Waals surface area contributed by atoms with Crippen LogP contribution in [-0.4, -0.2) is 24.6 Å². The smallest absolute Gasteiger partial charge is 0.164 e. The first kappa shape index (κ1) is 35.8. The van der Waals surface area contributed by atoms with Crippen molar-refractivity contribution in [2.75, 3.05) is 0 Å². The predicted molar refractivity (Wildman–Crippen MR) is 257 cm³/mol. The van der Waals surface area contributed by atoms with Crippen LogP contribution in [-0.2, 0) is 0 Å². The normalized spacial score (nSPS) is 11.5. The van der Waals surface area contributed by atoms with Crippen molar-refractivity contribution >= 4 is 47.8 Å². The minimum atomic E-state index is 0.610. The zero-order valence-corrected chi connectivity index (χ0v) is 34.2. The van der Waals surface area contributed by atoms with Crippen molar-refractivity contribution in [3.63, 3.8) is 0 Å². The summed E-state index contributed by atoms with van der Waals surface area (Å²) in [6, 6.07) is 74.4. The highest BCUT2D eigenvalue weighted by atomic mass is 32.1. The molecule has 0 radical (unpaired) electrons. The Bertz CT molecular complexity index is 3600. The lowest BCUT2D eigenvalue weighted by atomic mass is 9.96. The van der Waals surface area contributed by atoms with Gasteiger partial charge in [0, 0.05) is 58.9 Å². The Labute approximate surface area is 361 Å². The van der Waals surface area contributed by atoms with Crippen LogP contribution < -0.4 is 0 Å². The van der Waals surface area contributed by atoms with E-state index in [0.717, 1.165) is 72.2 Å². The van der Waals surface area contributed by atoms with Crippen LogP contribution >= 0.6 is 11.3 Å². The van der Waals surface area contributed by atoms with E-state index < -0.39 is 0 Å². The van der Waals surface area contributed by atoms with E-state index in [4.69, 9.17) is 20.1 Å². The summed E-state index contributed by atoms with van der Waals surface area (Å²) in [5, 5.41) is 10.3. The Morgan fingerprint density at radius 2 is 0.871 bits per heavy atom. The number of rotatable bonds is 7. The quantitative estimate of drug-likeness (QED) is 0.161. The fourth-order valence-electron chi connectivity index (χ4n) is 8.72. The fraction of sp³-hybridized carbons (Fsp3) is 0. The molecule has 62 heavy (non-hydrogen) atoms. The number of thiophene rings is 1. The molecule has 0 atom stereocenters. The molecule has 4 heterocycles. The van der Waals surface area contributed by atoms with Gasteiger partial charge in [0.2, 0.25) is 0 Å². The van der Waals surface area contributed by atoms with Crippen molar-refractivity contribution in [2.24, 2.45) is 0 Å². The maximum absolute atomic E-state index is 5.39. The molecule has 0 bridgehead atoms. The van der Waals surface area contributed by atoms with Crippen LogP contribution in [0.3, 0.4) is 0 Å². The molecule has 290 valence electrons. The van der Waals surface area contributed by atoms with Gasteiger partial charge in [0.1, 0.15) is 5.69 Å². The van der Waals surface area contributed by atoms with Crippen molar-refractivity contribution < 1.29 is 0 Å². The third-order valence-corrected chi connectivity index (χ3v) is 12.8. The SMILES string of the molecule is c1ccc(-c2nc(-c3ccc(-c4cccc5sc6ccccc6c45)cc3)nc(-c3ccc(-c4c(-c5ccccc5)nn5c(-c6ccccc6)cc6ccccc6c45)cc3)n2)cc1. The molecule has 0 aliphatic heterocycles. The lowest BCUT2D eigenvalue weighted by molar-refractivity contribution is 0.979. The van der Waals surface area contributed by atoms with Crippen LogP contribution in [0.5, 0.6) is 0 Å². The molecule has 0 aliphatic rings. The number of fused-ring (bicyclic) bond motifs is 6. The number of nitrogens with zero attached hydrogens (tertiary/aromatic N) is 5. The van der Waals surface area contributed by atoms with Gasteiger partial charge in [-0.1, -0.05) is 194 Å². The molecular formula is C56H35N5S. The van der Waals surface area contributed by atoms with Crippen molar-refractivity contribution in [1.82, 2.24) is 24.6 Å². The molecule has 0 saturated carbocycles. The van der Waals surface area contributed by atoms with Crippen molar-refractivity contribution in [3.8, 4) is 78.9 Å². The minimum Gasteiger partial charge on any atom is -0.231 e. The van der Waals surface area contributed by atoms with Gasteiger partial charge >= 0.3 is 0 Å². The first-order valence-electron chi connectivity index (χ1n) is 20.7. The molecule has 0 N–H and O–H groups in total. The zero-order valence-electron chi connectivity index (χ0n) is 33.4. The van der Waals surface area contributed by atoms with Gasteiger partial charge in [0.05, 0.1) is 11.2 Å². The van der Waals surface area contributed by atoms with Crippen LogP contribution in [0.15, 0.2) is 212 Å². The number of hydrogen-bond donors (Lipinski definition) is 0. The highest BCUT2D eigenvalue weighted by Crippen LogP contribution is 2.43. The summed E-state index contributed by atoms with van der Waals surface area (Å²) in [7, 11) is 0. The maximum Gasteiger partial charge on any atom is 0.164 e. The Hall–Kier alpha value is -8.06. The highest BCUT2D eigenvalue weighted by molar-refractivity contribution is 7.25. The first-order valence-corrected chi connectivity index (χ1v) is 21.5. The molecular weight excluding hydrogens is 775 g/mol. The predicted octanol–water partition coefficient (Wildman–Crippen LogP) is 14.7. The van der Waals surface area contributed by atoms with Gasteiger partial charge in [-0.15, -0.1) is 11.3 Å². The van der Waals surface area contributed by atoms with Gasteiger partial charge in [-0.3, -0.25) is 0 Å². The molecule has 12 aromatic rings. The summed E-state index contributed by atoms with van der Waals surface area (Å²) >= 11 is 1.84. The third-order valence-electron chi connectivity index (χ3n) is 11.7. The average Bonchev–Trinajstić information content (AvgIpc) is 3.95. The van der Waals surface area contributed by atoms with Crippen molar-refractivity contribution in [2.45, 2.75) is 0 Å². The number of pyridine rings is 1. The molecule has 4 aromatic heterocycles. The molecule has 0 spiro atoms. The Kier molecular flexibility index (Phi) is 8.61. The molecule has 0 saturated heterocycles. The van der Waals surface area contributed by atoms with Crippen molar-refractivity contribution in [3.05, 3.63) is 212 Å². The molecule has 12 rings (SSSR count). The minimum absolute atomic E-state index is 0.610. The van der Waals surface area contributed by atoms with Crippen LogP contribution in [0.25, 0.3) is 115 Å². The maximum atomic E-state index is 5.39. The Morgan fingerprint density at radius 3 is 1.53 bits per heavy atom. The Morgan fingerprint density at radius 1 is 0.371 bits per heavy atom. The number of aromatic nitrogens is 5. The van der Waals surface area contributed by atoms with Crippen LogP contribution in [0.4, 0.5) is 0 Å². The monoisotopic (exact) mass is 809 g/mol. The first-order chi connectivity index (χ1) is 30.7. The van der Waals surface area contributed by atoms with E-state index in [1.54, 1.807) is 0 Å². The largest absolute Gasteiger partial charge is 0.231 e. The van der Waals surface area contributed by atoms with Crippen LogP contribution in [0.1, 0.15) is 0 Å². The van der Waals surface area contributed by atoms with Crippen LogP contribution in [0, 0.1) is 0 Å². The molecule has 5 nitrogen and oxygen atoms in total. The van der Waals surface area contributed by atoms with Gasteiger partial charge < -0.3 is 0 Å². The lowest BCUT2D eigenvalue weighted by Gasteiger charge is -2.11. The van der Waals surface area contributed by atoms with Gasteiger partial charge in [-0.2, -0.15) is 5.10 Å². The molecule has 6 heteroatoms. The van der Waals surface area contributed by atoms with E-state index in [9.17, 15) is 0 Å². The molecule has 0 fully saturated rings. The summed E-state index contributed by atoms with van der Waals surface area (Å²) in [5.41, 5.74) is 12.4. The number of benzene rings is 8. The average molecular weight is 810 g/mol. The van der Waals surface area contributed by atoms with E-state index in [-0.39, 0.29) is 0 Å².